The standard InChI is InChI=1S/C14H13NO4/c16-13(17)11-7-4-8-15-12(11)14(18)19-9-10-5-2-1-3-6-10/h1-8,12,15H,9H2,(H,16,17). The molecule has 0 aliphatic carbocycles. The molecule has 2 rings (SSSR count). The van der Waals surface area contributed by atoms with Crippen molar-refractivity contribution in [2.45, 2.75) is 12.6 Å². The van der Waals surface area contributed by atoms with Crippen molar-refractivity contribution in [2.24, 2.45) is 0 Å². The highest BCUT2D eigenvalue weighted by atomic mass is 16.5. The number of aliphatic carboxylic acids is 1. The Morgan fingerprint density at radius 3 is 2.68 bits per heavy atom. The fraction of sp³-hybridized carbons (Fsp3) is 0.143. The highest BCUT2D eigenvalue weighted by molar-refractivity contribution is 5.97. The van der Waals surface area contributed by atoms with E-state index in [2.05, 4.69) is 5.32 Å². The number of benzene rings is 1. The van der Waals surface area contributed by atoms with Gasteiger partial charge in [0, 0.05) is 0 Å². The van der Waals surface area contributed by atoms with Crippen LogP contribution in [0.1, 0.15) is 5.56 Å². The number of esters is 1. The third-order valence-corrected chi connectivity index (χ3v) is 2.65. The molecule has 1 atom stereocenters. The van der Waals surface area contributed by atoms with E-state index in [1.165, 1.54) is 18.4 Å². The van der Waals surface area contributed by atoms with Crippen LogP contribution in [0.3, 0.4) is 0 Å². The van der Waals surface area contributed by atoms with Gasteiger partial charge < -0.3 is 15.2 Å². The number of allylic oxidation sites excluding steroid dienone is 2. The van der Waals surface area contributed by atoms with Crippen molar-refractivity contribution < 1.29 is 19.4 Å². The number of rotatable bonds is 4. The number of dihydropyridines is 1. The summed E-state index contributed by atoms with van der Waals surface area (Å²) in [7, 11) is 0. The zero-order valence-corrected chi connectivity index (χ0v) is 10.1. The lowest BCUT2D eigenvalue weighted by Gasteiger charge is -2.19. The molecule has 0 amide bonds. The van der Waals surface area contributed by atoms with Crippen LogP contribution in [0.25, 0.3) is 0 Å². The molecule has 0 spiro atoms. The first-order valence-electron chi connectivity index (χ1n) is 5.75. The molecule has 1 unspecified atom stereocenters. The summed E-state index contributed by atoms with van der Waals surface area (Å²) in [5.41, 5.74) is 0.823. The Kier molecular flexibility index (Phi) is 3.97. The van der Waals surface area contributed by atoms with Crippen LogP contribution >= 0.6 is 0 Å². The summed E-state index contributed by atoms with van der Waals surface area (Å²) in [5, 5.41) is 11.7. The average molecular weight is 259 g/mol. The molecule has 5 heteroatoms. The van der Waals surface area contributed by atoms with Gasteiger partial charge >= 0.3 is 11.9 Å². The first kappa shape index (κ1) is 12.9. The van der Waals surface area contributed by atoms with E-state index < -0.39 is 18.0 Å². The van der Waals surface area contributed by atoms with E-state index in [-0.39, 0.29) is 12.2 Å². The first-order chi connectivity index (χ1) is 9.18. The van der Waals surface area contributed by atoms with Crippen LogP contribution in [-0.4, -0.2) is 23.1 Å². The minimum absolute atomic E-state index is 0.0273. The summed E-state index contributed by atoms with van der Waals surface area (Å²) in [5.74, 6) is -1.75. The topological polar surface area (TPSA) is 75.6 Å². The monoisotopic (exact) mass is 259 g/mol. The Balaban J connectivity index is 1.98. The number of carboxylic acid groups (broad SMARTS) is 1. The van der Waals surface area contributed by atoms with Gasteiger partial charge in [0.25, 0.3) is 0 Å². The second-order valence-electron chi connectivity index (χ2n) is 3.98. The average Bonchev–Trinajstić information content (AvgIpc) is 2.46. The van der Waals surface area contributed by atoms with E-state index in [0.29, 0.717) is 0 Å². The Labute approximate surface area is 110 Å². The molecule has 5 nitrogen and oxygen atoms in total. The fourth-order valence-electron chi connectivity index (χ4n) is 1.69. The fourth-order valence-corrected chi connectivity index (χ4v) is 1.69. The van der Waals surface area contributed by atoms with Gasteiger partial charge in [-0.1, -0.05) is 30.3 Å². The first-order valence-corrected chi connectivity index (χ1v) is 5.75. The van der Waals surface area contributed by atoms with E-state index in [1.54, 1.807) is 0 Å². The van der Waals surface area contributed by atoms with Gasteiger partial charge in [0.05, 0.1) is 5.57 Å². The van der Waals surface area contributed by atoms with Crippen molar-refractivity contribution >= 4 is 11.9 Å². The van der Waals surface area contributed by atoms with Gasteiger partial charge in [0.2, 0.25) is 0 Å². The molecule has 1 aromatic rings. The van der Waals surface area contributed by atoms with Gasteiger partial charge in [-0.25, -0.2) is 9.59 Å². The molecule has 0 radical (unpaired) electrons. The summed E-state index contributed by atoms with van der Waals surface area (Å²) in [4.78, 5) is 22.9. The quantitative estimate of drug-likeness (QED) is 0.795. The largest absolute Gasteiger partial charge is 0.478 e. The second kappa shape index (κ2) is 5.86. The SMILES string of the molecule is O=C(O)C1=CC=CNC1C(=O)OCc1ccccc1. The third kappa shape index (κ3) is 3.22. The number of carbonyl (C=O) groups excluding carboxylic acids is 1. The van der Waals surface area contributed by atoms with Gasteiger partial charge in [0.15, 0.2) is 6.04 Å². The number of ether oxygens (including phenoxy) is 1. The van der Waals surface area contributed by atoms with E-state index >= 15 is 0 Å². The van der Waals surface area contributed by atoms with Crippen molar-refractivity contribution in [3.63, 3.8) is 0 Å². The molecule has 0 aromatic heterocycles. The zero-order valence-electron chi connectivity index (χ0n) is 10.1. The Morgan fingerprint density at radius 1 is 1.26 bits per heavy atom. The Morgan fingerprint density at radius 2 is 2.00 bits per heavy atom. The molecule has 2 N–H and O–H groups in total. The van der Waals surface area contributed by atoms with E-state index in [9.17, 15) is 9.59 Å². The van der Waals surface area contributed by atoms with Gasteiger partial charge in [-0.15, -0.1) is 0 Å². The number of hydrogen-bond donors (Lipinski definition) is 2. The van der Waals surface area contributed by atoms with Gasteiger partial charge in [0.1, 0.15) is 6.61 Å². The molecule has 1 aromatic carbocycles. The van der Waals surface area contributed by atoms with Gasteiger partial charge in [-0.2, -0.15) is 0 Å². The Hall–Kier alpha value is -2.56. The molecule has 1 heterocycles. The van der Waals surface area contributed by atoms with Crippen LogP contribution in [0.15, 0.2) is 54.3 Å². The highest BCUT2D eigenvalue weighted by Crippen LogP contribution is 2.11. The molecule has 19 heavy (non-hydrogen) atoms. The lowest BCUT2D eigenvalue weighted by atomic mass is 10.1. The van der Waals surface area contributed by atoms with Crippen molar-refractivity contribution in [2.75, 3.05) is 0 Å². The molecule has 0 bridgehead atoms. The van der Waals surface area contributed by atoms with Crippen LogP contribution in [0, 0.1) is 0 Å². The molecular weight excluding hydrogens is 246 g/mol. The molecular formula is C14H13NO4. The smallest absolute Gasteiger partial charge is 0.334 e. The van der Waals surface area contributed by atoms with Crippen LogP contribution in [0.2, 0.25) is 0 Å². The van der Waals surface area contributed by atoms with E-state index in [0.717, 1.165) is 5.56 Å². The number of carboxylic acids is 1. The predicted octanol–water partition coefficient (Wildman–Crippen LogP) is 1.23. The zero-order chi connectivity index (χ0) is 13.7. The van der Waals surface area contributed by atoms with Crippen molar-refractivity contribution in [1.29, 1.82) is 0 Å². The van der Waals surface area contributed by atoms with Crippen LogP contribution < -0.4 is 5.32 Å². The van der Waals surface area contributed by atoms with E-state index in [4.69, 9.17) is 9.84 Å². The molecule has 0 saturated heterocycles. The van der Waals surface area contributed by atoms with Gasteiger partial charge in [-0.05, 0) is 23.9 Å². The maximum Gasteiger partial charge on any atom is 0.334 e. The number of nitrogens with one attached hydrogen (secondary N) is 1. The summed E-state index contributed by atoms with van der Waals surface area (Å²) in [6, 6.07) is 8.24. The van der Waals surface area contributed by atoms with Crippen LogP contribution in [-0.2, 0) is 20.9 Å². The molecule has 0 fully saturated rings. The van der Waals surface area contributed by atoms with Crippen molar-refractivity contribution in [1.82, 2.24) is 5.32 Å². The lowest BCUT2D eigenvalue weighted by molar-refractivity contribution is -0.148. The summed E-state index contributed by atoms with van der Waals surface area (Å²) >= 11 is 0. The predicted molar refractivity (Wildman–Crippen MR) is 68.0 cm³/mol. The molecule has 0 saturated carbocycles. The minimum Gasteiger partial charge on any atom is -0.478 e. The number of hydrogen-bond acceptors (Lipinski definition) is 4. The third-order valence-electron chi connectivity index (χ3n) is 2.65. The van der Waals surface area contributed by atoms with Crippen LogP contribution in [0.4, 0.5) is 0 Å². The maximum absolute atomic E-state index is 11.9. The molecule has 1 aliphatic heterocycles. The van der Waals surface area contributed by atoms with Crippen molar-refractivity contribution in [3.05, 3.63) is 59.8 Å². The van der Waals surface area contributed by atoms with Gasteiger partial charge in [-0.3, -0.25) is 0 Å². The highest BCUT2D eigenvalue weighted by Gasteiger charge is 2.29. The number of carbonyl (C=O) groups is 2. The normalized spacial score (nSPS) is 17.3. The maximum atomic E-state index is 11.9. The summed E-state index contributed by atoms with van der Waals surface area (Å²) < 4.78 is 5.11. The summed E-state index contributed by atoms with van der Waals surface area (Å²) in [6.45, 7) is 0.120. The minimum atomic E-state index is -1.14. The lowest BCUT2D eigenvalue weighted by Crippen LogP contribution is -2.40. The molecule has 1 aliphatic rings. The van der Waals surface area contributed by atoms with E-state index in [1.807, 2.05) is 30.3 Å². The molecule has 98 valence electrons. The van der Waals surface area contributed by atoms with Crippen LogP contribution in [0.5, 0.6) is 0 Å². The Bertz CT molecular complexity index is 534. The van der Waals surface area contributed by atoms with Crippen molar-refractivity contribution in [3.8, 4) is 0 Å². The summed E-state index contributed by atoms with van der Waals surface area (Å²) in [6.07, 6.45) is 4.43. The second-order valence-corrected chi connectivity index (χ2v) is 3.98.